The number of hydrogen-bond acceptors (Lipinski definition) is 4. The molecule has 0 saturated carbocycles. The summed E-state index contributed by atoms with van der Waals surface area (Å²) in [7, 11) is 1.73. The summed E-state index contributed by atoms with van der Waals surface area (Å²) in [5.41, 5.74) is 1.85. The fourth-order valence-corrected chi connectivity index (χ4v) is 5.36. The zero-order chi connectivity index (χ0) is 23.5. The van der Waals surface area contributed by atoms with Crippen molar-refractivity contribution >= 4 is 22.7 Å². The van der Waals surface area contributed by atoms with Crippen molar-refractivity contribution in [1.82, 2.24) is 20.5 Å². The Kier molecular flexibility index (Phi) is 7.34. The molecule has 3 N–H and O–H groups in total. The number of likely N-dealkylation sites (N-methyl/N-ethyl adjacent to an activating group) is 1. The summed E-state index contributed by atoms with van der Waals surface area (Å²) >= 11 is 0. The summed E-state index contributed by atoms with van der Waals surface area (Å²) in [6.45, 7) is 4.33. The minimum absolute atomic E-state index is 0.0190. The Morgan fingerprint density at radius 1 is 1.30 bits per heavy atom. The number of aromatic nitrogens is 1. The lowest BCUT2D eigenvalue weighted by Crippen LogP contribution is -2.57. The molecule has 0 aliphatic carbocycles. The molecule has 2 aliphatic rings. The Bertz CT molecular complexity index is 993. The van der Waals surface area contributed by atoms with Crippen LogP contribution in [-0.4, -0.2) is 65.6 Å². The molecule has 3 heterocycles. The molecule has 0 radical (unpaired) electrons. The third kappa shape index (κ3) is 5.06. The lowest BCUT2D eigenvalue weighted by molar-refractivity contribution is -0.142. The first kappa shape index (κ1) is 23.7. The number of carbonyl (C=O) groups is 2. The van der Waals surface area contributed by atoms with Gasteiger partial charge in [-0.1, -0.05) is 0 Å². The summed E-state index contributed by atoms with van der Waals surface area (Å²) in [5, 5.41) is 6.91. The van der Waals surface area contributed by atoms with Gasteiger partial charge in [-0.15, -0.1) is 0 Å². The molecule has 1 aromatic carbocycles. The van der Waals surface area contributed by atoms with Gasteiger partial charge in [0.1, 0.15) is 11.9 Å². The van der Waals surface area contributed by atoms with Gasteiger partial charge < -0.3 is 25.3 Å². The number of carbonyl (C=O) groups excluding carboxylic acids is 2. The molecule has 4 rings (SSSR count). The largest absolute Gasteiger partial charge is 0.378 e. The first-order valence-electron chi connectivity index (χ1n) is 12.1. The fourth-order valence-electron chi connectivity index (χ4n) is 5.36. The molecule has 1 aromatic heterocycles. The number of hydrogen-bond donors (Lipinski definition) is 3. The standard InChI is InChI=1S/C25H35FN4O3/c1-4-33-20-9-8-18-6-7-19(11-16-14-28-22-12-17(26)5-10-21(16)22)30(18)25(32)23(13-20)29-24(31)15(2)27-3/h5,10,12,14-15,18-20,23,27-28H,4,6-9,11,13H2,1-3H3,(H,29,31)/t15-,18+,19-,20?,23-/m0/s1. The maximum absolute atomic E-state index is 13.8. The van der Waals surface area contributed by atoms with E-state index in [1.165, 1.54) is 12.1 Å². The molecule has 8 heteroatoms. The van der Waals surface area contributed by atoms with Crippen LogP contribution in [0, 0.1) is 5.82 Å². The molecule has 180 valence electrons. The van der Waals surface area contributed by atoms with E-state index in [1.807, 2.05) is 18.0 Å². The molecule has 2 saturated heterocycles. The first-order chi connectivity index (χ1) is 15.9. The van der Waals surface area contributed by atoms with Crippen LogP contribution in [0.2, 0.25) is 0 Å². The molecular formula is C25H35FN4O3. The van der Waals surface area contributed by atoms with Gasteiger partial charge in [-0.2, -0.15) is 0 Å². The maximum Gasteiger partial charge on any atom is 0.245 e. The maximum atomic E-state index is 13.8. The first-order valence-corrected chi connectivity index (χ1v) is 12.1. The van der Waals surface area contributed by atoms with Crippen LogP contribution in [0.5, 0.6) is 0 Å². The van der Waals surface area contributed by atoms with Crippen LogP contribution in [-0.2, 0) is 20.7 Å². The lowest BCUT2D eigenvalue weighted by Gasteiger charge is -2.38. The van der Waals surface area contributed by atoms with Crippen LogP contribution in [0.25, 0.3) is 10.9 Å². The van der Waals surface area contributed by atoms with Crippen LogP contribution in [0.4, 0.5) is 4.39 Å². The van der Waals surface area contributed by atoms with Crippen molar-refractivity contribution in [2.75, 3.05) is 13.7 Å². The van der Waals surface area contributed by atoms with Gasteiger partial charge >= 0.3 is 0 Å². The van der Waals surface area contributed by atoms with Gasteiger partial charge in [-0.05, 0) is 76.8 Å². The minimum Gasteiger partial charge on any atom is -0.378 e. The number of nitrogens with one attached hydrogen (secondary N) is 3. The summed E-state index contributed by atoms with van der Waals surface area (Å²) in [5.74, 6) is -0.471. The Balaban J connectivity index is 1.57. The summed E-state index contributed by atoms with van der Waals surface area (Å²) in [4.78, 5) is 31.6. The van der Waals surface area contributed by atoms with E-state index in [1.54, 1.807) is 20.0 Å². The molecule has 5 atom stereocenters. The Labute approximate surface area is 194 Å². The minimum atomic E-state index is -0.606. The zero-order valence-electron chi connectivity index (χ0n) is 19.7. The zero-order valence-corrected chi connectivity index (χ0v) is 19.7. The van der Waals surface area contributed by atoms with E-state index in [0.717, 1.165) is 42.1 Å². The second-order valence-electron chi connectivity index (χ2n) is 9.30. The van der Waals surface area contributed by atoms with E-state index in [9.17, 15) is 14.0 Å². The van der Waals surface area contributed by atoms with Gasteiger partial charge in [0, 0.05) is 42.2 Å². The average molecular weight is 459 g/mol. The fraction of sp³-hybridized carbons (Fsp3) is 0.600. The number of ether oxygens (including phenoxy) is 1. The van der Waals surface area contributed by atoms with Crippen LogP contribution >= 0.6 is 0 Å². The summed E-state index contributed by atoms with van der Waals surface area (Å²) < 4.78 is 19.5. The van der Waals surface area contributed by atoms with Gasteiger partial charge in [0.05, 0.1) is 12.1 Å². The summed E-state index contributed by atoms with van der Waals surface area (Å²) in [6.07, 6.45) is 6.70. The van der Waals surface area contributed by atoms with E-state index >= 15 is 0 Å². The second-order valence-corrected chi connectivity index (χ2v) is 9.30. The molecule has 33 heavy (non-hydrogen) atoms. The molecule has 0 bridgehead atoms. The van der Waals surface area contributed by atoms with Crippen LogP contribution < -0.4 is 10.6 Å². The number of amides is 2. The van der Waals surface area contributed by atoms with Crippen molar-refractivity contribution in [3.05, 3.63) is 35.8 Å². The highest BCUT2D eigenvalue weighted by atomic mass is 19.1. The van der Waals surface area contributed by atoms with E-state index in [2.05, 4.69) is 15.6 Å². The normalized spacial score (nSPS) is 26.7. The number of benzene rings is 1. The third-order valence-electron chi connectivity index (χ3n) is 7.22. The van der Waals surface area contributed by atoms with E-state index in [-0.39, 0.29) is 41.9 Å². The van der Waals surface area contributed by atoms with Gasteiger partial charge in [-0.3, -0.25) is 9.59 Å². The Hall–Kier alpha value is -2.45. The van der Waals surface area contributed by atoms with Crippen molar-refractivity contribution in [1.29, 1.82) is 0 Å². The van der Waals surface area contributed by atoms with Gasteiger partial charge in [0.25, 0.3) is 0 Å². The van der Waals surface area contributed by atoms with Crippen LogP contribution in [0.15, 0.2) is 24.4 Å². The number of halogens is 1. The highest BCUT2D eigenvalue weighted by Gasteiger charge is 2.42. The number of H-pyrrole nitrogens is 1. The van der Waals surface area contributed by atoms with Gasteiger partial charge in [-0.25, -0.2) is 4.39 Å². The van der Waals surface area contributed by atoms with Crippen molar-refractivity contribution in [3.63, 3.8) is 0 Å². The lowest BCUT2D eigenvalue weighted by atomic mass is 9.96. The van der Waals surface area contributed by atoms with E-state index in [0.29, 0.717) is 19.4 Å². The highest BCUT2D eigenvalue weighted by molar-refractivity contribution is 5.90. The quantitative estimate of drug-likeness (QED) is 0.596. The molecular weight excluding hydrogens is 423 g/mol. The van der Waals surface area contributed by atoms with Crippen LogP contribution in [0.1, 0.15) is 51.5 Å². The number of aromatic amines is 1. The summed E-state index contributed by atoms with van der Waals surface area (Å²) in [6, 6.07) is 3.98. The smallest absolute Gasteiger partial charge is 0.245 e. The molecule has 2 amide bonds. The number of nitrogens with zero attached hydrogens (tertiary/aromatic N) is 1. The van der Waals surface area contributed by atoms with E-state index < -0.39 is 6.04 Å². The molecule has 0 spiro atoms. The predicted octanol–water partition coefficient (Wildman–Crippen LogP) is 2.89. The van der Waals surface area contributed by atoms with E-state index in [4.69, 9.17) is 4.74 Å². The van der Waals surface area contributed by atoms with Gasteiger partial charge in [0.15, 0.2) is 0 Å². The molecule has 2 aromatic rings. The molecule has 1 unspecified atom stereocenters. The predicted molar refractivity (Wildman–Crippen MR) is 125 cm³/mol. The topological polar surface area (TPSA) is 86.5 Å². The molecule has 2 fully saturated rings. The number of rotatable bonds is 7. The van der Waals surface area contributed by atoms with Crippen molar-refractivity contribution < 1.29 is 18.7 Å². The van der Waals surface area contributed by atoms with Crippen LogP contribution in [0.3, 0.4) is 0 Å². The van der Waals surface area contributed by atoms with Gasteiger partial charge in [0.2, 0.25) is 11.8 Å². The number of fused-ring (bicyclic) bond motifs is 2. The Morgan fingerprint density at radius 3 is 2.85 bits per heavy atom. The SMILES string of the molecule is CCOC1CC[C@H]2CC[C@@H](Cc3c[nH]c4cc(F)ccc34)N2C(=O)[C@@H](NC(=O)[C@H](C)NC)C1. The molecule has 2 aliphatic heterocycles. The second kappa shape index (κ2) is 10.2. The highest BCUT2D eigenvalue weighted by Crippen LogP contribution is 2.34. The average Bonchev–Trinajstić information content (AvgIpc) is 3.38. The van der Waals surface area contributed by atoms with Crippen molar-refractivity contribution in [3.8, 4) is 0 Å². The monoisotopic (exact) mass is 458 g/mol. The van der Waals surface area contributed by atoms with Crippen molar-refractivity contribution in [2.45, 2.75) is 82.6 Å². The van der Waals surface area contributed by atoms with Crippen molar-refractivity contribution in [2.24, 2.45) is 0 Å². The third-order valence-corrected chi connectivity index (χ3v) is 7.22. The Morgan fingerprint density at radius 2 is 2.09 bits per heavy atom. The molecule has 7 nitrogen and oxygen atoms in total.